The molecule has 0 spiro atoms. The molecule has 0 fully saturated rings. The number of Topliss-reactive ketones (excluding diaryl/α,β-unsaturated/α-hetero) is 1. The second-order valence-electron chi connectivity index (χ2n) is 4.61. The molecule has 0 atom stereocenters. The minimum Gasteiger partial charge on any atom is -0.294 e. The lowest BCUT2D eigenvalue weighted by Crippen LogP contribution is -2.18. The molecule has 6 nitrogen and oxygen atoms in total. The number of rotatable bonds is 3. The largest absolute Gasteiger partial charge is 0.294 e. The number of ketones is 1. The van der Waals surface area contributed by atoms with E-state index in [2.05, 4.69) is 15.4 Å². The quantitative estimate of drug-likeness (QED) is 0.920. The highest BCUT2D eigenvalue weighted by atomic mass is 16.2. The molecule has 0 saturated heterocycles. The summed E-state index contributed by atoms with van der Waals surface area (Å²) in [6, 6.07) is 5.25. The van der Waals surface area contributed by atoms with Crippen LogP contribution in [0.1, 0.15) is 39.6 Å². The number of amides is 1. The molecule has 0 radical (unpaired) electrons. The molecule has 20 heavy (non-hydrogen) atoms. The Bertz CT molecular complexity index is 690. The first-order valence-electron chi connectivity index (χ1n) is 6.55. The monoisotopic (exact) mass is 270 g/mol. The molecule has 6 heteroatoms. The number of aryl methyl sites for hydroxylation is 1. The molecule has 2 aromatic rings. The van der Waals surface area contributed by atoms with Crippen molar-refractivity contribution in [2.45, 2.75) is 26.3 Å². The molecule has 0 unspecified atom stereocenters. The summed E-state index contributed by atoms with van der Waals surface area (Å²) in [7, 11) is 0. The zero-order chi connectivity index (χ0) is 14.1. The van der Waals surface area contributed by atoms with Crippen molar-refractivity contribution in [2.75, 3.05) is 5.32 Å². The Morgan fingerprint density at radius 1 is 1.40 bits per heavy atom. The van der Waals surface area contributed by atoms with Crippen LogP contribution in [0.2, 0.25) is 0 Å². The van der Waals surface area contributed by atoms with Gasteiger partial charge in [-0.05, 0) is 25.0 Å². The molecular formula is C14H14N4O2. The van der Waals surface area contributed by atoms with Gasteiger partial charge in [-0.25, -0.2) is 4.68 Å². The van der Waals surface area contributed by atoms with Crippen molar-refractivity contribution in [3.8, 4) is 0 Å². The van der Waals surface area contributed by atoms with Crippen LogP contribution in [0.3, 0.4) is 0 Å². The van der Waals surface area contributed by atoms with E-state index in [1.165, 1.54) is 6.33 Å². The van der Waals surface area contributed by atoms with Gasteiger partial charge in [0.05, 0.1) is 0 Å². The van der Waals surface area contributed by atoms with Gasteiger partial charge in [-0.15, -0.1) is 0 Å². The molecule has 1 heterocycles. The van der Waals surface area contributed by atoms with E-state index < -0.39 is 0 Å². The maximum atomic E-state index is 12.3. The normalized spacial score (nSPS) is 13.3. The number of aromatic nitrogens is 3. The van der Waals surface area contributed by atoms with E-state index in [0.717, 1.165) is 5.56 Å². The zero-order valence-electron chi connectivity index (χ0n) is 11.1. The van der Waals surface area contributed by atoms with Gasteiger partial charge in [0.1, 0.15) is 6.33 Å². The van der Waals surface area contributed by atoms with Gasteiger partial charge in [0.15, 0.2) is 5.78 Å². The van der Waals surface area contributed by atoms with Crippen LogP contribution in [-0.4, -0.2) is 26.5 Å². The number of fused-ring (bicyclic) bond motifs is 1. The third kappa shape index (κ3) is 1.99. The topological polar surface area (TPSA) is 76.9 Å². The van der Waals surface area contributed by atoms with Crippen LogP contribution in [0.4, 0.5) is 5.95 Å². The summed E-state index contributed by atoms with van der Waals surface area (Å²) >= 11 is 0. The van der Waals surface area contributed by atoms with Crippen LogP contribution in [0, 0.1) is 0 Å². The second kappa shape index (κ2) is 4.88. The van der Waals surface area contributed by atoms with Crippen LogP contribution in [0.15, 0.2) is 24.5 Å². The molecule has 1 aliphatic rings. The van der Waals surface area contributed by atoms with E-state index in [0.29, 0.717) is 36.5 Å². The Morgan fingerprint density at radius 3 is 3.05 bits per heavy atom. The average molecular weight is 270 g/mol. The SMILES string of the molecule is CCn1ncnc1NC(=O)c1cccc2c1CCC2=O. The van der Waals surface area contributed by atoms with Crippen molar-refractivity contribution in [2.24, 2.45) is 0 Å². The highest BCUT2D eigenvalue weighted by Crippen LogP contribution is 2.25. The summed E-state index contributed by atoms with van der Waals surface area (Å²) < 4.78 is 1.60. The minimum absolute atomic E-state index is 0.103. The van der Waals surface area contributed by atoms with Gasteiger partial charge < -0.3 is 0 Å². The second-order valence-corrected chi connectivity index (χ2v) is 4.61. The fraction of sp³-hybridized carbons (Fsp3) is 0.286. The first-order chi connectivity index (χ1) is 9.70. The first-order valence-corrected chi connectivity index (χ1v) is 6.55. The molecular weight excluding hydrogens is 256 g/mol. The minimum atomic E-state index is -0.251. The number of nitrogens with zero attached hydrogens (tertiary/aromatic N) is 3. The van der Waals surface area contributed by atoms with Crippen LogP contribution in [0.25, 0.3) is 0 Å². The third-order valence-electron chi connectivity index (χ3n) is 3.46. The lowest BCUT2D eigenvalue weighted by Gasteiger charge is -2.08. The number of carbonyl (C=O) groups is 2. The van der Waals surface area contributed by atoms with E-state index in [4.69, 9.17) is 0 Å². The Morgan fingerprint density at radius 2 is 2.25 bits per heavy atom. The summed E-state index contributed by atoms with van der Waals surface area (Å²) in [5.41, 5.74) is 2.03. The molecule has 1 aromatic heterocycles. The summed E-state index contributed by atoms with van der Waals surface area (Å²) in [6.45, 7) is 2.55. The van der Waals surface area contributed by atoms with Crippen LogP contribution in [0.5, 0.6) is 0 Å². The lowest BCUT2D eigenvalue weighted by atomic mass is 10.0. The van der Waals surface area contributed by atoms with E-state index in [-0.39, 0.29) is 11.7 Å². The average Bonchev–Trinajstić information content (AvgIpc) is 3.05. The molecule has 1 aliphatic carbocycles. The predicted molar refractivity (Wildman–Crippen MR) is 72.7 cm³/mol. The van der Waals surface area contributed by atoms with Crippen molar-refractivity contribution >= 4 is 17.6 Å². The van der Waals surface area contributed by atoms with E-state index in [9.17, 15) is 9.59 Å². The van der Waals surface area contributed by atoms with Gasteiger partial charge in [0, 0.05) is 24.1 Å². The Kier molecular flexibility index (Phi) is 3.06. The first kappa shape index (κ1) is 12.5. The van der Waals surface area contributed by atoms with E-state index in [1.54, 1.807) is 22.9 Å². The highest BCUT2D eigenvalue weighted by Gasteiger charge is 2.24. The van der Waals surface area contributed by atoms with Crippen LogP contribution >= 0.6 is 0 Å². The van der Waals surface area contributed by atoms with Crippen molar-refractivity contribution in [1.29, 1.82) is 0 Å². The smallest absolute Gasteiger partial charge is 0.258 e. The van der Waals surface area contributed by atoms with Crippen LogP contribution in [-0.2, 0) is 13.0 Å². The molecule has 1 N–H and O–H groups in total. The number of anilines is 1. The summed E-state index contributed by atoms with van der Waals surface area (Å²) in [5.74, 6) is 0.269. The summed E-state index contributed by atoms with van der Waals surface area (Å²) in [6.07, 6.45) is 2.50. The maximum absolute atomic E-state index is 12.3. The van der Waals surface area contributed by atoms with Crippen LogP contribution < -0.4 is 5.32 Å². The van der Waals surface area contributed by atoms with Gasteiger partial charge in [-0.1, -0.05) is 12.1 Å². The molecule has 1 aromatic carbocycles. The highest BCUT2D eigenvalue weighted by molar-refractivity contribution is 6.09. The predicted octanol–water partition coefficient (Wildman–Crippen LogP) is 1.68. The zero-order valence-corrected chi connectivity index (χ0v) is 11.1. The van der Waals surface area contributed by atoms with Gasteiger partial charge in [-0.3, -0.25) is 14.9 Å². The number of hydrogen-bond acceptors (Lipinski definition) is 4. The lowest BCUT2D eigenvalue weighted by molar-refractivity contribution is 0.0993. The standard InChI is InChI=1S/C14H14N4O2/c1-2-18-14(15-8-16-18)17-13(20)11-5-3-4-10-9(11)6-7-12(10)19/h3-5,8H,2,6-7H2,1H3,(H,15,16,17,20). The fourth-order valence-corrected chi connectivity index (χ4v) is 2.46. The number of carbonyl (C=O) groups excluding carboxylic acids is 2. The van der Waals surface area contributed by atoms with Crippen molar-refractivity contribution < 1.29 is 9.59 Å². The Hall–Kier alpha value is -2.50. The van der Waals surface area contributed by atoms with E-state index in [1.807, 2.05) is 6.92 Å². The van der Waals surface area contributed by atoms with Gasteiger partial charge in [0.25, 0.3) is 5.91 Å². The Balaban J connectivity index is 1.91. The fourth-order valence-electron chi connectivity index (χ4n) is 2.46. The van der Waals surface area contributed by atoms with Gasteiger partial charge in [-0.2, -0.15) is 10.1 Å². The summed E-state index contributed by atoms with van der Waals surface area (Å²) in [4.78, 5) is 28.1. The summed E-state index contributed by atoms with van der Waals surface area (Å²) in [5, 5.41) is 6.74. The molecule has 0 bridgehead atoms. The maximum Gasteiger partial charge on any atom is 0.258 e. The van der Waals surface area contributed by atoms with E-state index >= 15 is 0 Å². The number of hydrogen-bond donors (Lipinski definition) is 1. The molecule has 3 rings (SSSR count). The van der Waals surface area contributed by atoms with Crippen molar-refractivity contribution in [1.82, 2.24) is 14.8 Å². The van der Waals surface area contributed by atoms with Crippen molar-refractivity contribution in [3.05, 3.63) is 41.2 Å². The van der Waals surface area contributed by atoms with Gasteiger partial charge in [0.2, 0.25) is 5.95 Å². The number of nitrogens with one attached hydrogen (secondary N) is 1. The van der Waals surface area contributed by atoms with Crippen molar-refractivity contribution in [3.63, 3.8) is 0 Å². The molecule has 102 valence electrons. The Labute approximate surface area is 115 Å². The van der Waals surface area contributed by atoms with Gasteiger partial charge >= 0.3 is 0 Å². The molecule has 1 amide bonds. The third-order valence-corrected chi connectivity index (χ3v) is 3.46. The molecule has 0 aliphatic heterocycles. The number of benzene rings is 1. The molecule has 0 saturated carbocycles.